The molecule has 4 fully saturated rings. The first-order valence-electron chi connectivity index (χ1n) is 13.2. The minimum absolute atomic E-state index is 0.0123. The van der Waals surface area contributed by atoms with E-state index < -0.39 is 16.6 Å². The van der Waals surface area contributed by atoms with Crippen molar-refractivity contribution in [2.75, 3.05) is 6.61 Å². The van der Waals surface area contributed by atoms with E-state index in [9.17, 15) is 24.9 Å². The van der Waals surface area contributed by atoms with Gasteiger partial charge in [0, 0.05) is 23.8 Å². The fourth-order valence-corrected chi connectivity index (χ4v) is 8.82. The van der Waals surface area contributed by atoms with Gasteiger partial charge < -0.3 is 15.3 Å². The lowest BCUT2D eigenvalue weighted by Crippen LogP contribution is -2.62. The lowest BCUT2D eigenvalue weighted by atomic mass is 9.43. The Bertz CT molecular complexity index is 1080. The third kappa shape index (κ3) is 3.64. The molecule has 4 saturated carbocycles. The van der Waals surface area contributed by atoms with Crippen molar-refractivity contribution in [1.29, 1.82) is 0 Å². The highest BCUT2D eigenvalue weighted by Crippen LogP contribution is 2.69. The van der Waals surface area contributed by atoms with Crippen molar-refractivity contribution >= 4 is 11.6 Å². The summed E-state index contributed by atoms with van der Waals surface area (Å²) in [6, 6.07) is 7.85. The quantitative estimate of drug-likeness (QED) is 0.443. The van der Waals surface area contributed by atoms with Crippen molar-refractivity contribution in [2.24, 2.45) is 35.0 Å². The smallest absolute Gasteiger partial charge is 0.159 e. The first-order valence-corrected chi connectivity index (χ1v) is 13.2. The summed E-state index contributed by atoms with van der Waals surface area (Å²) in [5, 5.41) is 33.1. The van der Waals surface area contributed by atoms with Crippen LogP contribution in [0.5, 0.6) is 0 Å². The van der Waals surface area contributed by atoms with Crippen molar-refractivity contribution in [3.05, 3.63) is 35.4 Å². The van der Waals surface area contributed by atoms with E-state index in [0.29, 0.717) is 30.7 Å². The number of aliphatic hydroxyl groups excluding tert-OH is 1. The summed E-state index contributed by atoms with van der Waals surface area (Å²) in [4.78, 5) is 24.4. The zero-order valence-corrected chi connectivity index (χ0v) is 21.1. The Kier molecular flexibility index (Phi) is 6.02. The molecule has 0 bridgehead atoms. The molecule has 35 heavy (non-hydrogen) atoms. The maximum atomic E-state index is 12.4. The van der Waals surface area contributed by atoms with E-state index >= 15 is 0 Å². The fraction of sp³-hybridized carbons (Fsp3) is 0.667. The summed E-state index contributed by atoms with van der Waals surface area (Å²) in [5.74, 6) is 6.88. The molecule has 0 amide bonds. The lowest BCUT2D eigenvalue weighted by molar-refractivity contribution is -0.194. The molecule has 9 atom stereocenters. The summed E-state index contributed by atoms with van der Waals surface area (Å²) >= 11 is 0. The number of carbonyl (C=O) groups excluding carboxylic acids is 2. The van der Waals surface area contributed by atoms with Crippen LogP contribution in [0.3, 0.4) is 0 Å². The molecule has 0 saturated heterocycles. The lowest BCUT2D eigenvalue weighted by Gasteiger charge is -2.63. The molecular weight excluding hydrogens is 440 g/mol. The van der Waals surface area contributed by atoms with E-state index in [4.69, 9.17) is 0 Å². The summed E-state index contributed by atoms with van der Waals surface area (Å²) in [6.45, 7) is 5.56. The summed E-state index contributed by atoms with van der Waals surface area (Å²) in [6.07, 6.45) is 4.49. The summed E-state index contributed by atoms with van der Waals surface area (Å²) in [7, 11) is 0. The number of fused-ring (bicyclic) bond motifs is 5. The Morgan fingerprint density at radius 1 is 1.14 bits per heavy atom. The second-order valence-corrected chi connectivity index (χ2v) is 12.1. The Balaban J connectivity index is 1.63. The van der Waals surface area contributed by atoms with Crippen molar-refractivity contribution in [3.8, 4) is 11.8 Å². The Hall–Kier alpha value is -2.00. The molecule has 5 nitrogen and oxygen atoms in total. The van der Waals surface area contributed by atoms with E-state index in [0.717, 1.165) is 24.8 Å². The number of rotatable bonds is 2. The highest BCUT2D eigenvalue weighted by molar-refractivity contribution is 5.94. The molecule has 0 aliphatic heterocycles. The molecule has 5 heteroatoms. The molecule has 0 aromatic heterocycles. The molecular formula is C30H38O5. The van der Waals surface area contributed by atoms with Gasteiger partial charge >= 0.3 is 0 Å². The van der Waals surface area contributed by atoms with Gasteiger partial charge in [-0.15, -0.1) is 0 Å². The molecule has 1 aromatic rings. The molecule has 0 spiro atoms. The maximum absolute atomic E-state index is 12.4. The van der Waals surface area contributed by atoms with Gasteiger partial charge in [0.05, 0.1) is 5.60 Å². The highest BCUT2D eigenvalue weighted by atomic mass is 16.3. The van der Waals surface area contributed by atoms with Gasteiger partial charge in [0.2, 0.25) is 0 Å². The van der Waals surface area contributed by atoms with Crippen LogP contribution in [-0.2, 0) is 4.79 Å². The average Bonchev–Trinajstić information content (AvgIpc) is 3.08. The molecule has 5 rings (SSSR count). The van der Waals surface area contributed by atoms with Crippen LogP contribution in [0.4, 0.5) is 0 Å². The normalized spacial score (nSPS) is 44.5. The van der Waals surface area contributed by atoms with Crippen LogP contribution < -0.4 is 0 Å². The van der Waals surface area contributed by atoms with E-state index in [-0.39, 0.29) is 54.2 Å². The minimum Gasteiger partial charge on any atom is -0.389 e. The van der Waals surface area contributed by atoms with Crippen molar-refractivity contribution in [3.63, 3.8) is 0 Å². The van der Waals surface area contributed by atoms with Crippen LogP contribution in [0.1, 0.15) is 87.6 Å². The fourth-order valence-electron chi connectivity index (χ4n) is 8.82. The Labute approximate surface area is 208 Å². The van der Waals surface area contributed by atoms with Gasteiger partial charge in [0.15, 0.2) is 5.78 Å². The van der Waals surface area contributed by atoms with Crippen LogP contribution in [-0.4, -0.2) is 44.7 Å². The van der Waals surface area contributed by atoms with Crippen LogP contribution in [0.2, 0.25) is 0 Å². The zero-order chi connectivity index (χ0) is 25.2. The van der Waals surface area contributed by atoms with Crippen molar-refractivity contribution in [1.82, 2.24) is 0 Å². The third-order valence-electron chi connectivity index (χ3n) is 10.6. The standard InChI is InChI=1S/C30H38O5/c1-18-15-23-25-11-13-29(34,12-4-14-31)28(25,3)17-24(21-7-5-20(6-8-21)19(2)32)27(23)26-10-9-22(33)16-30(18,26)35/h5-8,18,23-27,31,34-35H,9-11,13-17H2,1-3H3/t18-,23+,24-,25+,26-,27-,28+,29+,30+/m1/s1. The van der Waals surface area contributed by atoms with Crippen molar-refractivity contribution in [2.45, 2.75) is 82.8 Å². The van der Waals surface area contributed by atoms with Crippen LogP contribution in [0.25, 0.3) is 0 Å². The first-order chi connectivity index (χ1) is 16.5. The van der Waals surface area contributed by atoms with E-state index in [2.05, 4.69) is 25.7 Å². The topological polar surface area (TPSA) is 94.8 Å². The van der Waals surface area contributed by atoms with Gasteiger partial charge in [0.1, 0.15) is 18.0 Å². The van der Waals surface area contributed by atoms with Gasteiger partial charge in [0.25, 0.3) is 0 Å². The number of hydrogen-bond acceptors (Lipinski definition) is 5. The molecule has 4 aliphatic carbocycles. The molecule has 1 aromatic carbocycles. The molecule has 188 valence electrons. The zero-order valence-electron chi connectivity index (χ0n) is 21.1. The number of carbonyl (C=O) groups is 2. The Morgan fingerprint density at radius 2 is 1.86 bits per heavy atom. The van der Waals surface area contributed by atoms with Gasteiger partial charge in [-0.3, -0.25) is 9.59 Å². The van der Waals surface area contributed by atoms with Gasteiger partial charge in [-0.2, -0.15) is 0 Å². The molecule has 0 heterocycles. The number of Topliss-reactive ketones (excluding diaryl/α,β-unsaturated/α-hetero) is 2. The summed E-state index contributed by atoms with van der Waals surface area (Å²) in [5.41, 5.74) is -0.785. The second-order valence-electron chi connectivity index (χ2n) is 12.1. The predicted molar refractivity (Wildman–Crippen MR) is 133 cm³/mol. The first kappa shape index (κ1) is 24.7. The van der Waals surface area contributed by atoms with Crippen LogP contribution in [0.15, 0.2) is 24.3 Å². The number of ketones is 2. The minimum atomic E-state index is -1.16. The largest absolute Gasteiger partial charge is 0.389 e. The third-order valence-corrected chi connectivity index (χ3v) is 10.6. The van der Waals surface area contributed by atoms with E-state index in [1.54, 1.807) is 6.92 Å². The Morgan fingerprint density at radius 3 is 2.51 bits per heavy atom. The molecule has 4 aliphatic rings. The van der Waals surface area contributed by atoms with E-state index in [1.807, 2.05) is 24.3 Å². The van der Waals surface area contributed by atoms with Crippen LogP contribution >= 0.6 is 0 Å². The maximum Gasteiger partial charge on any atom is 0.159 e. The van der Waals surface area contributed by atoms with E-state index in [1.165, 1.54) is 0 Å². The van der Waals surface area contributed by atoms with Gasteiger partial charge in [-0.05, 0) is 80.1 Å². The average molecular weight is 479 g/mol. The van der Waals surface area contributed by atoms with Gasteiger partial charge in [-0.1, -0.05) is 50.0 Å². The van der Waals surface area contributed by atoms with Crippen molar-refractivity contribution < 1.29 is 24.9 Å². The number of aliphatic hydroxyl groups is 3. The molecule has 3 N–H and O–H groups in total. The SMILES string of the molecule is CC(=O)c1ccc([C@H]2C[C@@]3(C)[C@@H](CC[C@@]3(O)C#CCO)[C@@H]3C[C@@H](C)[C@@]4(O)CC(=O)CC[C@@H]4[C@H]32)cc1. The molecule has 0 unspecified atom stereocenters. The molecule has 0 radical (unpaired) electrons. The highest BCUT2D eigenvalue weighted by Gasteiger charge is 2.67. The monoisotopic (exact) mass is 478 g/mol. The summed E-state index contributed by atoms with van der Waals surface area (Å²) < 4.78 is 0. The number of hydrogen-bond donors (Lipinski definition) is 3. The van der Waals surface area contributed by atoms with Crippen LogP contribution in [0, 0.1) is 46.8 Å². The predicted octanol–water partition coefficient (Wildman–Crippen LogP) is 3.89. The van der Waals surface area contributed by atoms with Gasteiger partial charge in [-0.25, -0.2) is 0 Å². The second kappa shape index (κ2) is 8.54. The number of benzene rings is 1.